The largest absolute Gasteiger partial charge is 0.484 e. The van der Waals surface area contributed by atoms with E-state index in [0.29, 0.717) is 24.4 Å². The van der Waals surface area contributed by atoms with Crippen molar-refractivity contribution in [2.45, 2.75) is 6.54 Å². The average molecular weight is 381 g/mol. The van der Waals surface area contributed by atoms with Crippen LogP contribution in [0.2, 0.25) is 0 Å². The van der Waals surface area contributed by atoms with Gasteiger partial charge in [0.05, 0.1) is 0 Å². The second-order valence-corrected chi connectivity index (χ2v) is 7.16. The molecule has 148 valence electrons. The van der Waals surface area contributed by atoms with Gasteiger partial charge in [-0.1, -0.05) is 36.4 Å². The molecule has 1 aliphatic rings. The fourth-order valence-corrected chi connectivity index (χ4v) is 3.13. The highest BCUT2D eigenvalue weighted by Gasteiger charge is 2.22. The Morgan fingerprint density at radius 2 is 1.68 bits per heavy atom. The van der Waals surface area contributed by atoms with Crippen molar-refractivity contribution in [3.8, 4) is 5.75 Å². The number of likely N-dealkylation sites (N-methyl/N-ethyl adjacent to an activating group) is 1. The normalized spacial score (nSPS) is 14.6. The van der Waals surface area contributed by atoms with Crippen LogP contribution in [0.1, 0.15) is 15.9 Å². The van der Waals surface area contributed by atoms with Gasteiger partial charge in [-0.3, -0.25) is 14.5 Å². The van der Waals surface area contributed by atoms with Gasteiger partial charge in [0.2, 0.25) is 0 Å². The van der Waals surface area contributed by atoms with Crippen LogP contribution in [0.15, 0.2) is 54.6 Å². The second kappa shape index (κ2) is 9.37. The summed E-state index contributed by atoms with van der Waals surface area (Å²) in [6, 6.07) is 17.4. The second-order valence-electron chi connectivity index (χ2n) is 7.16. The van der Waals surface area contributed by atoms with Crippen LogP contribution in [-0.2, 0) is 11.3 Å². The van der Waals surface area contributed by atoms with Crippen molar-refractivity contribution in [2.24, 2.45) is 0 Å². The molecule has 0 N–H and O–H groups in total. The molecule has 3 rings (SSSR count). The van der Waals surface area contributed by atoms with Gasteiger partial charge in [-0.2, -0.15) is 0 Å². The minimum atomic E-state index is -0.119. The van der Waals surface area contributed by atoms with E-state index in [1.165, 1.54) is 10.5 Å². The fourth-order valence-electron chi connectivity index (χ4n) is 3.13. The quantitative estimate of drug-likeness (QED) is 0.769. The maximum absolute atomic E-state index is 12.8. The number of hydrogen-bond acceptors (Lipinski definition) is 4. The fraction of sp³-hybridized carbons (Fsp3) is 0.364. The first-order chi connectivity index (χ1) is 13.5. The summed E-state index contributed by atoms with van der Waals surface area (Å²) < 4.78 is 5.52. The molecule has 0 aliphatic carbocycles. The topological polar surface area (TPSA) is 53.1 Å². The van der Waals surface area contributed by atoms with E-state index in [2.05, 4.69) is 29.2 Å². The third-order valence-corrected chi connectivity index (χ3v) is 4.85. The number of carbonyl (C=O) groups excluding carboxylic acids is 2. The van der Waals surface area contributed by atoms with Crippen LogP contribution in [0.4, 0.5) is 0 Å². The van der Waals surface area contributed by atoms with Gasteiger partial charge in [0.15, 0.2) is 6.61 Å². The molecule has 6 heteroatoms. The first kappa shape index (κ1) is 19.9. The molecule has 28 heavy (non-hydrogen) atoms. The number of benzene rings is 2. The Morgan fingerprint density at radius 3 is 2.36 bits per heavy atom. The van der Waals surface area contributed by atoms with Gasteiger partial charge in [0, 0.05) is 52.4 Å². The molecular weight excluding hydrogens is 354 g/mol. The zero-order valence-electron chi connectivity index (χ0n) is 16.5. The molecule has 6 nitrogen and oxygen atoms in total. The Kier molecular flexibility index (Phi) is 6.66. The summed E-state index contributed by atoms with van der Waals surface area (Å²) in [5.74, 6) is 0.416. The summed E-state index contributed by atoms with van der Waals surface area (Å²) in [7, 11) is 3.37. The maximum atomic E-state index is 12.8. The zero-order valence-corrected chi connectivity index (χ0v) is 16.5. The predicted molar refractivity (Wildman–Crippen MR) is 108 cm³/mol. The Bertz CT molecular complexity index is 800. The Hall–Kier alpha value is -2.86. The first-order valence-electron chi connectivity index (χ1n) is 9.51. The van der Waals surface area contributed by atoms with Gasteiger partial charge in [0.25, 0.3) is 11.8 Å². The summed E-state index contributed by atoms with van der Waals surface area (Å²) in [5.41, 5.74) is 1.88. The molecule has 0 spiro atoms. The van der Waals surface area contributed by atoms with Crippen LogP contribution in [0.25, 0.3) is 0 Å². The number of amides is 2. The molecule has 0 bridgehead atoms. The van der Waals surface area contributed by atoms with Crippen LogP contribution in [0.3, 0.4) is 0 Å². The molecule has 1 heterocycles. The van der Waals surface area contributed by atoms with Crippen LogP contribution in [-0.4, -0.2) is 73.4 Å². The number of nitrogens with zero attached hydrogens (tertiary/aromatic N) is 3. The molecule has 0 saturated carbocycles. The maximum Gasteiger partial charge on any atom is 0.259 e. The summed E-state index contributed by atoms with van der Waals surface area (Å²) in [6.07, 6.45) is 0. The lowest BCUT2D eigenvalue weighted by Gasteiger charge is -2.34. The van der Waals surface area contributed by atoms with Crippen molar-refractivity contribution < 1.29 is 14.3 Å². The van der Waals surface area contributed by atoms with Gasteiger partial charge in [-0.15, -0.1) is 0 Å². The van der Waals surface area contributed by atoms with Crippen molar-refractivity contribution in [2.75, 3.05) is 46.9 Å². The predicted octanol–water partition coefficient (Wildman–Crippen LogP) is 2.11. The molecule has 0 aromatic heterocycles. The third kappa shape index (κ3) is 5.33. The van der Waals surface area contributed by atoms with Gasteiger partial charge in [-0.05, 0) is 23.8 Å². The minimum Gasteiger partial charge on any atom is -0.484 e. The summed E-state index contributed by atoms with van der Waals surface area (Å²) >= 11 is 0. The van der Waals surface area contributed by atoms with Crippen molar-refractivity contribution in [1.29, 1.82) is 0 Å². The van der Waals surface area contributed by atoms with Gasteiger partial charge >= 0.3 is 0 Å². The third-order valence-electron chi connectivity index (χ3n) is 4.85. The Balaban J connectivity index is 1.53. The van der Waals surface area contributed by atoms with E-state index in [4.69, 9.17) is 4.74 Å². The van der Waals surface area contributed by atoms with E-state index in [1.54, 1.807) is 38.4 Å². The van der Waals surface area contributed by atoms with Crippen LogP contribution in [0, 0.1) is 0 Å². The number of hydrogen-bond donors (Lipinski definition) is 0. The SMILES string of the molecule is CN(C)C(=O)COc1cccc(C(=O)N2CCN(Cc3ccccc3)CC2)c1. The molecule has 1 aliphatic heterocycles. The molecule has 2 aromatic carbocycles. The molecule has 0 atom stereocenters. The summed E-state index contributed by atoms with van der Waals surface area (Å²) in [6.45, 7) is 3.99. The number of ether oxygens (including phenoxy) is 1. The summed E-state index contributed by atoms with van der Waals surface area (Å²) in [4.78, 5) is 30.2. The molecule has 2 aromatic rings. The average Bonchev–Trinajstić information content (AvgIpc) is 2.73. The van der Waals surface area contributed by atoms with E-state index in [9.17, 15) is 9.59 Å². The number of piperazine rings is 1. The molecule has 2 amide bonds. The zero-order chi connectivity index (χ0) is 19.9. The van der Waals surface area contributed by atoms with Gasteiger partial charge in [-0.25, -0.2) is 0 Å². The van der Waals surface area contributed by atoms with Crippen molar-refractivity contribution in [3.63, 3.8) is 0 Å². The van der Waals surface area contributed by atoms with Crippen LogP contribution >= 0.6 is 0 Å². The lowest BCUT2D eigenvalue weighted by atomic mass is 10.1. The van der Waals surface area contributed by atoms with E-state index >= 15 is 0 Å². The highest BCUT2D eigenvalue weighted by atomic mass is 16.5. The van der Waals surface area contributed by atoms with Crippen LogP contribution < -0.4 is 4.74 Å². The van der Waals surface area contributed by atoms with E-state index in [0.717, 1.165) is 19.6 Å². The summed E-state index contributed by atoms with van der Waals surface area (Å²) in [5, 5.41) is 0. The van der Waals surface area contributed by atoms with Crippen LogP contribution in [0.5, 0.6) is 5.75 Å². The highest BCUT2D eigenvalue weighted by molar-refractivity contribution is 5.94. The van der Waals surface area contributed by atoms with Gasteiger partial charge in [0.1, 0.15) is 5.75 Å². The van der Waals surface area contributed by atoms with Crippen molar-refractivity contribution >= 4 is 11.8 Å². The minimum absolute atomic E-state index is 0.00347. The smallest absolute Gasteiger partial charge is 0.259 e. The number of carbonyl (C=O) groups is 2. The highest BCUT2D eigenvalue weighted by Crippen LogP contribution is 2.17. The lowest BCUT2D eigenvalue weighted by Crippen LogP contribution is -2.48. The monoisotopic (exact) mass is 381 g/mol. The van der Waals surface area contributed by atoms with E-state index in [-0.39, 0.29) is 18.4 Å². The van der Waals surface area contributed by atoms with Crippen molar-refractivity contribution in [1.82, 2.24) is 14.7 Å². The molecule has 0 radical (unpaired) electrons. The first-order valence-corrected chi connectivity index (χ1v) is 9.51. The lowest BCUT2D eigenvalue weighted by molar-refractivity contribution is -0.130. The van der Waals surface area contributed by atoms with E-state index < -0.39 is 0 Å². The molecule has 1 fully saturated rings. The standard InChI is InChI=1S/C22H27N3O3/c1-23(2)21(26)17-28-20-10-6-9-19(15-20)22(27)25-13-11-24(12-14-25)16-18-7-4-3-5-8-18/h3-10,15H,11-14,16-17H2,1-2H3. The van der Waals surface area contributed by atoms with Crippen molar-refractivity contribution in [3.05, 3.63) is 65.7 Å². The van der Waals surface area contributed by atoms with E-state index in [1.807, 2.05) is 11.0 Å². The van der Waals surface area contributed by atoms with Gasteiger partial charge < -0.3 is 14.5 Å². The number of rotatable bonds is 6. The Labute approximate surface area is 166 Å². The molecule has 0 unspecified atom stereocenters. The molecule has 1 saturated heterocycles. The Morgan fingerprint density at radius 1 is 0.964 bits per heavy atom. The molecular formula is C22H27N3O3.